The van der Waals surface area contributed by atoms with Gasteiger partial charge in [0.05, 0.1) is 20.3 Å². The number of rotatable bonds is 4. The largest absolute Gasteiger partial charge is 0.494 e. The molecule has 0 aliphatic carbocycles. The smallest absolute Gasteiger partial charge is 0.146 e. The van der Waals surface area contributed by atoms with E-state index < -0.39 is 0 Å². The molecule has 2 rings (SSSR count). The van der Waals surface area contributed by atoms with Crippen LogP contribution in [0.5, 0.6) is 5.75 Å². The minimum Gasteiger partial charge on any atom is -0.494 e. The van der Waals surface area contributed by atoms with Crippen molar-refractivity contribution in [3.8, 4) is 5.75 Å². The zero-order valence-electron chi connectivity index (χ0n) is 10.3. The van der Waals surface area contributed by atoms with Crippen molar-refractivity contribution in [2.24, 2.45) is 4.99 Å². The average Bonchev–Trinajstić information content (AvgIpc) is 2.46. The van der Waals surface area contributed by atoms with Crippen LogP contribution >= 0.6 is 0 Å². The van der Waals surface area contributed by atoms with Gasteiger partial charge in [0.25, 0.3) is 0 Å². The van der Waals surface area contributed by atoms with Gasteiger partial charge in [0, 0.05) is 24.8 Å². The number of ether oxygens (including phenoxy) is 2. The monoisotopic (exact) mass is 251 g/mol. The molecule has 0 saturated carbocycles. The Kier molecular flexibility index (Phi) is 4.38. The summed E-state index contributed by atoms with van der Waals surface area (Å²) in [5, 5.41) is 8.49. The quantitative estimate of drug-likeness (QED) is 0.478. The van der Waals surface area contributed by atoms with Crippen LogP contribution in [0.25, 0.3) is 0 Å². The molecule has 6 heteroatoms. The van der Waals surface area contributed by atoms with E-state index in [1.165, 1.54) is 6.34 Å². The number of methoxy groups -OCH3 is 1. The van der Waals surface area contributed by atoms with E-state index in [-0.39, 0.29) is 0 Å². The molecule has 0 bridgehead atoms. The van der Waals surface area contributed by atoms with Crippen LogP contribution < -0.4 is 15.1 Å². The molecule has 0 unspecified atom stereocenters. The van der Waals surface area contributed by atoms with E-state index in [2.05, 4.69) is 9.89 Å². The fourth-order valence-corrected chi connectivity index (χ4v) is 1.89. The third-order valence-corrected chi connectivity index (χ3v) is 2.80. The third-order valence-electron chi connectivity index (χ3n) is 2.80. The van der Waals surface area contributed by atoms with E-state index in [1.807, 2.05) is 23.7 Å². The van der Waals surface area contributed by atoms with E-state index >= 15 is 0 Å². The van der Waals surface area contributed by atoms with Gasteiger partial charge in [-0.3, -0.25) is 10.7 Å². The van der Waals surface area contributed by atoms with Gasteiger partial charge in [-0.05, 0) is 12.1 Å². The van der Waals surface area contributed by atoms with Gasteiger partial charge in [-0.25, -0.2) is 4.99 Å². The molecule has 1 aromatic carbocycles. The van der Waals surface area contributed by atoms with Crippen molar-refractivity contribution >= 4 is 17.7 Å². The standard InChI is InChI=1S/C12H17N3O3/c1-17-12-8-10(15-4-6-18-7-5-15)2-3-11(12)13-9-14-16/h2-3,8-9,16H,4-7H2,1H3,(H,13,14). The number of benzene rings is 1. The Labute approximate surface area is 106 Å². The second-order valence-corrected chi connectivity index (χ2v) is 3.84. The first kappa shape index (κ1) is 12.7. The molecule has 1 aliphatic rings. The number of nitrogens with zero attached hydrogens (tertiary/aromatic N) is 2. The van der Waals surface area contributed by atoms with Crippen LogP contribution in [0.1, 0.15) is 0 Å². The fourth-order valence-electron chi connectivity index (χ4n) is 1.89. The Morgan fingerprint density at radius 3 is 2.89 bits per heavy atom. The van der Waals surface area contributed by atoms with Gasteiger partial charge in [-0.2, -0.15) is 0 Å². The minimum absolute atomic E-state index is 0.663. The topological polar surface area (TPSA) is 66.3 Å². The lowest BCUT2D eigenvalue weighted by Crippen LogP contribution is -2.36. The summed E-state index contributed by atoms with van der Waals surface area (Å²) >= 11 is 0. The third kappa shape index (κ3) is 2.91. The van der Waals surface area contributed by atoms with Crippen molar-refractivity contribution in [1.82, 2.24) is 5.48 Å². The minimum atomic E-state index is 0.663. The Bertz CT molecular complexity index is 417. The number of aliphatic imine (C=N–C) groups is 1. The molecule has 0 amide bonds. The lowest BCUT2D eigenvalue weighted by Gasteiger charge is -2.29. The first-order chi connectivity index (χ1) is 8.85. The molecule has 0 radical (unpaired) electrons. The zero-order chi connectivity index (χ0) is 12.8. The summed E-state index contributed by atoms with van der Waals surface area (Å²) in [7, 11) is 1.60. The van der Waals surface area contributed by atoms with E-state index in [9.17, 15) is 0 Å². The second kappa shape index (κ2) is 6.23. The highest BCUT2D eigenvalue weighted by molar-refractivity contribution is 5.67. The van der Waals surface area contributed by atoms with Crippen LogP contribution in [0.3, 0.4) is 0 Å². The molecular weight excluding hydrogens is 234 g/mol. The normalized spacial score (nSPS) is 16.0. The van der Waals surface area contributed by atoms with Crippen LogP contribution in [0.15, 0.2) is 23.2 Å². The van der Waals surface area contributed by atoms with Gasteiger partial charge in [-0.1, -0.05) is 0 Å². The summed E-state index contributed by atoms with van der Waals surface area (Å²) in [6.07, 6.45) is 1.20. The van der Waals surface area contributed by atoms with E-state index in [0.29, 0.717) is 11.4 Å². The fraction of sp³-hybridized carbons (Fsp3) is 0.417. The maximum atomic E-state index is 8.49. The summed E-state index contributed by atoms with van der Waals surface area (Å²) in [5.74, 6) is 0.672. The summed E-state index contributed by atoms with van der Waals surface area (Å²) in [6, 6.07) is 5.78. The van der Waals surface area contributed by atoms with Gasteiger partial charge in [-0.15, -0.1) is 0 Å². The van der Waals surface area contributed by atoms with Crippen molar-refractivity contribution in [3.05, 3.63) is 18.2 Å². The number of nitrogens with one attached hydrogen (secondary N) is 1. The Morgan fingerprint density at radius 2 is 2.22 bits per heavy atom. The van der Waals surface area contributed by atoms with Crippen LogP contribution in [-0.2, 0) is 4.74 Å². The predicted octanol–water partition coefficient (Wildman–Crippen LogP) is 1.17. The molecule has 18 heavy (non-hydrogen) atoms. The summed E-state index contributed by atoms with van der Waals surface area (Å²) in [6.45, 7) is 3.25. The number of hydrogen-bond acceptors (Lipinski definition) is 5. The summed E-state index contributed by atoms with van der Waals surface area (Å²) in [5.41, 5.74) is 3.62. The van der Waals surface area contributed by atoms with Crippen molar-refractivity contribution in [2.45, 2.75) is 0 Å². The highest BCUT2D eigenvalue weighted by Gasteiger charge is 2.13. The maximum absolute atomic E-state index is 8.49. The average molecular weight is 251 g/mol. The lowest BCUT2D eigenvalue weighted by atomic mass is 10.2. The summed E-state index contributed by atoms with van der Waals surface area (Å²) in [4.78, 5) is 6.27. The molecule has 0 aromatic heterocycles. The van der Waals surface area contributed by atoms with Gasteiger partial charge in [0.1, 0.15) is 17.8 Å². The van der Waals surface area contributed by atoms with Crippen LogP contribution in [0.2, 0.25) is 0 Å². The first-order valence-electron chi connectivity index (χ1n) is 5.78. The maximum Gasteiger partial charge on any atom is 0.146 e. The Morgan fingerprint density at radius 1 is 1.44 bits per heavy atom. The Balaban J connectivity index is 2.20. The molecular formula is C12H17N3O3. The summed E-state index contributed by atoms with van der Waals surface area (Å²) < 4.78 is 10.6. The molecule has 1 aliphatic heterocycles. The molecule has 98 valence electrons. The first-order valence-corrected chi connectivity index (χ1v) is 5.78. The Hall–Kier alpha value is -1.79. The number of morpholine rings is 1. The number of hydroxylamine groups is 1. The van der Waals surface area contributed by atoms with E-state index in [0.717, 1.165) is 32.0 Å². The molecule has 6 nitrogen and oxygen atoms in total. The van der Waals surface area contributed by atoms with Crippen LogP contribution in [-0.4, -0.2) is 45.0 Å². The molecule has 1 fully saturated rings. The van der Waals surface area contributed by atoms with Crippen LogP contribution in [0, 0.1) is 0 Å². The SMILES string of the molecule is COc1cc(N2CCOCC2)ccc1N=CNO. The highest BCUT2D eigenvalue weighted by atomic mass is 16.5. The van der Waals surface area contributed by atoms with Gasteiger partial charge >= 0.3 is 0 Å². The lowest BCUT2D eigenvalue weighted by molar-refractivity contribution is 0.122. The molecule has 0 spiro atoms. The predicted molar refractivity (Wildman–Crippen MR) is 69.1 cm³/mol. The van der Waals surface area contributed by atoms with Crippen molar-refractivity contribution in [2.75, 3.05) is 38.3 Å². The molecule has 0 atom stereocenters. The van der Waals surface area contributed by atoms with Gasteiger partial charge < -0.3 is 14.4 Å². The van der Waals surface area contributed by atoms with Crippen LogP contribution in [0.4, 0.5) is 11.4 Å². The van der Waals surface area contributed by atoms with Gasteiger partial charge in [0.15, 0.2) is 0 Å². The zero-order valence-corrected chi connectivity index (χ0v) is 10.3. The second-order valence-electron chi connectivity index (χ2n) is 3.84. The molecule has 1 heterocycles. The highest BCUT2D eigenvalue weighted by Crippen LogP contribution is 2.31. The van der Waals surface area contributed by atoms with Crippen molar-refractivity contribution in [3.63, 3.8) is 0 Å². The van der Waals surface area contributed by atoms with E-state index in [4.69, 9.17) is 14.7 Å². The molecule has 1 saturated heterocycles. The number of anilines is 1. The molecule has 1 aromatic rings. The van der Waals surface area contributed by atoms with Crippen molar-refractivity contribution in [1.29, 1.82) is 0 Å². The van der Waals surface area contributed by atoms with Crippen molar-refractivity contribution < 1.29 is 14.7 Å². The van der Waals surface area contributed by atoms with Gasteiger partial charge in [0.2, 0.25) is 0 Å². The molecule has 2 N–H and O–H groups in total. The van der Waals surface area contributed by atoms with E-state index in [1.54, 1.807) is 7.11 Å². The number of hydrogen-bond donors (Lipinski definition) is 2.